The first-order valence-electron chi connectivity index (χ1n) is 8.20. The van der Waals surface area contributed by atoms with Crippen molar-refractivity contribution < 1.29 is 9.59 Å². The second-order valence-corrected chi connectivity index (χ2v) is 7.45. The lowest BCUT2D eigenvalue weighted by Gasteiger charge is -2.24. The third-order valence-electron chi connectivity index (χ3n) is 4.34. The Labute approximate surface area is 139 Å². The standard InChI is InChI=1S/C16H29N3O2.ClH/c1-16(2,3)19-14(20)8-9-17-15(21)13-10-11-6-4-5-7-12(11)18-13;/h11-13,18H,4-10H2,1-3H3,(H,17,21)(H,19,20);1H. The second-order valence-electron chi connectivity index (χ2n) is 7.45. The molecule has 2 rings (SSSR count). The molecule has 1 saturated carbocycles. The van der Waals surface area contributed by atoms with Gasteiger partial charge < -0.3 is 16.0 Å². The molecule has 1 heterocycles. The zero-order valence-corrected chi connectivity index (χ0v) is 14.7. The lowest BCUT2D eigenvalue weighted by molar-refractivity contribution is -0.124. The monoisotopic (exact) mass is 331 g/mol. The lowest BCUT2D eigenvalue weighted by atomic mass is 9.85. The first-order valence-corrected chi connectivity index (χ1v) is 8.20. The highest BCUT2D eigenvalue weighted by Crippen LogP contribution is 2.33. The molecule has 3 atom stereocenters. The normalized spacial score (nSPS) is 27.5. The molecule has 0 aromatic heterocycles. The molecule has 2 amide bonds. The van der Waals surface area contributed by atoms with E-state index >= 15 is 0 Å². The number of amides is 2. The van der Waals surface area contributed by atoms with Crippen LogP contribution < -0.4 is 16.0 Å². The predicted molar refractivity (Wildman–Crippen MR) is 90.1 cm³/mol. The Balaban J connectivity index is 0.00000242. The lowest BCUT2D eigenvalue weighted by Crippen LogP contribution is -2.45. The minimum absolute atomic E-state index is 0. The van der Waals surface area contributed by atoms with E-state index in [2.05, 4.69) is 16.0 Å². The molecule has 3 N–H and O–H groups in total. The summed E-state index contributed by atoms with van der Waals surface area (Å²) in [5, 5.41) is 9.24. The molecule has 22 heavy (non-hydrogen) atoms. The zero-order chi connectivity index (χ0) is 15.5. The number of fused-ring (bicyclic) bond motifs is 1. The van der Waals surface area contributed by atoms with Crippen LogP contribution in [0.5, 0.6) is 0 Å². The summed E-state index contributed by atoms with van der Waals surface area (Å²) >= 11 is 0. The van der Waals surface area contributed by atoms with E-state index in [1.807, 2.05) is 20.8 Å². The van der Waals surface area contributed by atoms with Crippen LogP contribution in [0.15, 0.2) is 0 Å². The first-order chi connectivity index (χ1) is 9.85. The summed E-state index contributed by atoms with van der Waals surface area (Å²) in [7, 11) is 0. The Morgan fingerprint density at radius 3 is 2.50 bits per heavy atom. The highest BCUT2D eigenvalue weighted by Gasteiger charge is 2.37. The van der Waals surface area contributed by atoms with Crippen molar-refractivity contribution in [3.63, 3.8) is 0 Å². The topological polar surface area (TPSA) is 70.2 Å². The van der Waals surface area contributed by atoms with Crippen LogP contribution in [0.1, 0.15) is 59.3 Å². The van der Waals surface area contributed by atoms with Gasteiger partial charge in [-0.3, -0.25) is 9.59 Å². The van der Waals surface area contributed by atoms with Crippen LogP contribution in [-0.2, 0) is 9.59 Å². The van der Waals surface area contributed by atoms with Gasteiger partial charge >= 0.3 is 0 Å². The molecule has 128 valence electrons. The first kappa shape index (κ1) is 19.2. The van der Waals surface area contributed by atoms with E-state index in [0.29, 0.717) is 24.9 Å². The number of hydrogen-bond donors (Lipinski definition) is 3. The minimum atomic E-state index is -0.218. The molecule has 0 aromatic rings. The minimum Gasteiger partial charge on any atom is -0.354 e. The Morgan fingerprint density at radius 1 is 1.18 bits per heavy atom. The van der Waals surface area contributed by atoms with Crippen molar-refractivity contribution in [2.75, 3.05) is 6.54 Å². The summed E-state index contributed by atoms with van der Waals surface area (Å²) in [5.41, 5.74) is -0.218. The Bertz CT molecular complexity index is 381. The van der Waals surface area contributed by atoms with E-state index in [0.717, 1.165) is 6.42 Å². The van der Waals surface area contributed by atoms with Gasteiger partial charge in [0.25, 0.3) is 0 Å². The molecule has 1 aliphatic carbocycles. The Hall–Kier alpha value is -0.810. The molecule has 0 spiro atoms. The van der Waals surface area contributed by atoms with Crippen molar-refractivity contribution in [3.8, 4) is 0 Å². The van der Waals surface area contributed by atoms with Crippen LogP contribution in [0.4, 0.5) is 0 Å². The highest BCUT2D eigenvalue weighted by atomic mass is 35.5. The number of carbonyl (C=O) groups excluding carboxylic acids is 2. The van der Waals surface area contributed by atoms with Crippen LogP contribution in [0.25, 0.3) is 0 Å². The third kappa shape index (κ3) is 5.76. The number of nitrogens with one attached hydrogen (secondary N) is 3. The Morgan fingerprint density at radius 2 is 1.86 bits per heavy atom. The van der Waals surface area contributed by atoms with Gasteiger partial charge in [0.1, 0.15) is 0 Å². The van der Waals surface area contributed by atoms with Crippen LogP contribution in [0, 0.1) is 5.92 Å². The van der Waals surface area contributed by atoms with E-state index in [1.165, 1.54) is 25.7 Å². The van der Waals surface area contributed by atoms with Crippen LogP contribution in [0.2, 0.25) is 0 Å². The second kappa shape index (κ2) is 8.16. The van der Waals surface area contributed by atoms with E-state index in [9.17, 15) is 9.59 Å². The van der Waals surface area contributed by atoms with E-state index < -0.39 is 0 Å². The SMILES string of the molecule is CC(C)(C)NC(=O)CCNC(=O)C1CC2CCCCC2N1.Cl. The van der Waals surface area contributed by atoms with Crippen molar-refractivity contribution >= 4 is 24.2 Å². The molecule has 0 aromatic carbocycles. The number of carbonyl (C=O) groups is 2. The molecule has 3 unspecified atom stereocenters. The molecule has 0 radical (unpaired) electrons. The van der Waals surface area contributed by atoms with Crippen molar-refractivity contribution in [1.29, 1.82) is 0 Å². The van der Waals surface area contributed by atoms with Crippen molar-refractivity contribution in [2.24, 2.45) is 5.92 Å². The average molecular weight is 332 g/mol. The summed E-state index contributed by atoms with van der Waals surface area (Å²) in [5.74, 6) is 0.697. The molecular formula is C16H30ClN3O2. The average Bonchev–Trinajstić information content (AvgIpc) is 2.80. The van der Waals surface area contributed by atoms with Gasteiger partial charge in [0.15, 0.2) is 0 Å². The largest absolute Gasteiger partial charge is 0.354 e. The van der Waals surface area contributed by atoms with E-state index in [1.54, 1.807) is 0 Å². The molecule has 1 saturated heterocycles. The maximum Gasteiger partial charge on any atom is 0.237 e. The fourth-order valence-electron chi connectivity index (χ4n) is 3.42. The van der Waals surface area contributed by atoms with Gasteiger partial charge in [-0.25, -0.2) is 0 Å². The highest BCUT2D eigenvalue weighted by molar-refractivity contribution is 5.85. The molecule has 2 fully saturated rings. The maximum atomic E-state index is 12.2. The predicted octanol–water partition coefficient (Wildman–Crippen LogP) is 1.75. The fourth-order valence-corrected chi connectivity index (χ4v) is 3.42. The number of halogens is 1. The molecule has 1 aliphatic heterocycles. The van der Waals surface area contributed by atoms with Crippen LogP contribution in [-0.4, -0.2) is 36.0 Å². The van der Waals surface area contributed by atoms with Crippen molar-refractivity contribution in [1.82, 2.24) is 16.0 Å². The van der Waals surface area contributed by atoms with Gasteiger partial charge in [0.2, 0.25) is 11.8 Å². The molecule has 2 aliphatic rings. The Kier molecular flexibility index (Phi) is 7.13. The fraction of sp³-hybridized carbons (Fsp3) is 0.875. The molecule has 5 nitrogen and oxygen atoms in total. The van der Waals surface area contributed by atoms with Crippen molar-refractivity contribution in [2.45, 2.75) is 76.9 Å². The summed E-state index contributed by atoms with van der Waals surface area (Å²) < 4.78 is 0. The third-order valence-corrected chi connectivity index (χ3v) is 4.34. The molecular weight excluding hydrogens is 302 g/mol. The van der Waals surface area contributed by atoms with Crippen LogP contribution in [0.3, 0.4) is 0 Å². The van der Waals surface area contributed by atoms with E-state index in [-0.39, 0.29) is 35.8 Å². The number of hydrogen-bond acceptors (Lipinski definition) is 3. The number of rotatable bonds is 4. The van der Waals surface area contributed by atoms with Crippen molar-refractivity contribution in [3.05, 3.63) is 0 Å². The smallest absolute Gasteiger partial charge is 0.237 e. The summed E-state index contributed by atoms with van der Waals surface area (Å²) in [6.45, 7) is 6.27. The summed E-state index contributed by atoms with van der Waals surface area (Å²) in [6, 6.07) is 0.461. The van der Waals surface area contributed by atoms with Crippen LogP contribution >= 0.6 is 12.4 Å². The summed E-state index contributed by atoms with van der Waals surface area (Å²) in [4.78, 5) is 23.8. The molecule has 0 bridgehead atoms. The summed E-state index contributed by atoms with van der Waals surface area (Å²) in [6.07, 6.45) is 6.30. The van der Waals surface area contributed by atoms with Gasteiger partial charge in [0, 0.05) is 24.5 Å². The quantitative estimate of drug-likeness (QED) is 0.735. The zero-order valence-electron chi connectivity index (χ0n) is 13.9. The van der Waals surface area contributed by atoms with Gasteiger partial charge in [-0.05, 0) is 46.0 Å². The van der Waals surface area contributed by atoms with Gasteiger partial charge in [-0.2, -0.15) is 0 Å². The van der Waals surface area contributed by atoms with Gasteiger partial charge in [0.05, 0.1) is 6.04 Å². The molecule has 6 heteroatoms. The van der Waals surface area contributed by atoms with E-state index in [4.69, 9.17) is 0 Å². The maximum absolute atomic E-state index is 12.2. The van der Waals surface area contributed by atoms with Gasteiger partial charge in [-0.1, -0.05) is 12.8 Å². The van der Waals surface area contributed by atoms with Gasteiger partial charge in [-0.15, -0.1) is 12.4 Å².